The van der Waals surface area contributed by atoms with Crippen molar-refractivity contribution >= 4 is 11.6 Å². The first-order chi connectivity index (χ1) is 15.1. The van der Waals surface area contributed by atoms with Crippen LogP contribution in [0.15, 0.2) is 48.5 Å². The highest BCUT2D eigenvalue weighted by atomic mass is 19.1. The third-order valence-corrected chi connectivity index (χ3v) is 6.40. The normalized spacial score (nSPS) is 20.4. The summed E-state index contributed by atoms with van der Waals surface area (Å²) in [5.41, 5.74) is 2.15. The molecule has 2 aromatic carbocycles. The molecule has 1 amide bonds. The number of hydrogen-bond donors (Lipinski definition) is 0. The Hall–Kier alpha value is -2.60. The van der Waals surface area contributed by atoms with Crippen molar-refractivity contribution in [1.29, 1.82) is 0 Å². The summed E-state index contributed by atoms with van der Waals surface area (Å²) in [7, 11) is 1.68. The van der Waals surface area contributed by atoms with Crippen molar-refractivity contribution in [2.45, 2.75) is 25.8 Å². The fourth-order valence-corrected chi connectivity index (χ4v) is 4.74. The lowest BCUT2D eigenvalue weighted by molar-refractivity contribution is -0.137. The number of amides is 1. The van der Waals surface area contributed by atoms with E-state index in [1.54, 1.807) is 19.2 Å². The molecule has 2 aliphatic heterocycles. The zero-order chi connectivity index (χ0) is 21.6. The van der Waals surface area contributed by atoms with Crippen molar-refractivity contribution in [3.05, 3.63) is 59.9 Å². The van der Waals surface area contributed by atoms with E-state index >= 15 is 0 Å². The first kappa shape index (κ1) is 21.6. The summed E-state index contributed by atoms with van der Waals surface area (Å²) < 4.78 is 18.8. The van der Waals surface area contributed by atoms with Crippen molar-refractivity contribution in [2.24, 2.45) is 5.92 Å². The smallest absolute Gasteiger partial charge is 0.227 e. The zero-order valence-corrected chi connectivity index (χ0v) is 18.3. The Morgan fingerprint density at radius 2 is 1.87 bits per heavy atom. The summed E-state index contributed by atoms with van der Waals surface area (Å²) in [5, 5.41) is 0. The summed E-state index contributed by atoms with van der Waals surface area (Å²) in [5.74, 6) is 0.971. The summed E-state index contributed by atoms with van der Waals surface area (Å²) in [6, 6.07) is 14.9. The number of piperidine rings is 1. The highest BCUT2D eigenvalue weighted by Gasteiger charge is 2.30. The minimum absolute atomic E-state index is 0.0369. The maximum Gasteiger partial charge on any atom is 0.227 e. The molecule has 166 valence electrons. The molecule has 6 heteroatoms. The zero-order valence-electron chi connectivity index (χ0n) is 18.3. The van der Waals surface area contributed by atoms with Crippen molar-refractivity contribution in [1.82, 2.24) is 9.80 Å². The predicted molar refractivity (Wildman–Crippen MR) is 121 cm³/mol. The van der Waals surface area contributed by atoms with Crippen LogP contribution in [-0.4, -0.2) is 62.1 Å². The third kappa shape index (κ3) is 5.56. The van der Waals surface area contributed by atoms with E-state index in [-0.39, 0.29) is 17.6 Å². The van der Waals surface area contributed by atoms with Gasteiger partial charge in [0.05, 0.1) is 13.0 Å². The predicted octanol–water partition coefficient (Wildman–Crippen LogP) is 3.79. The van der Waals surface area contributed by atoms with Gasteiger partial charge < -0.3 is 14.5 Å². The van der Waals surface area contributed by atoms with E-state index in [0.29, 0.717) is 6.54 Å². The van der Waals surface area contributed by atoms with Crippen LogP contribution in [0, 0.1) is 11.7 Å². The molecule has 0 aromatic heterocycles. The number of ether oxygens (including phenoxy) is 1. The maximum absolute atomic E-state index is 13.5. The highest BCUT2D eigenvalue weighted by molar-refractivity contribution is 5.79. The summed E-state index contributed by atoms with van der Waals surface area (Å²) in [4.78, 5) is 20.0. The van der Waals surface area contributed by atoms with Crippen LogP contribution in [0.3, 0.4) is 0 Å². The molecule has 1 unspecified atom stereocenters. The van der Waals surface area contributed by atoms with Gasteiger partial charge in [-0.25, -0.2) is 4.39 Å². The average Bonchev–Trinajstić information content (AvgIpc) is 3.05. The van der Waals surface area contributed by atoms with E-state index < -0.39 is 0 Å². The minimum Gasteiger partial charge on any atom is -0.497 e. The highest BCUT2D eigenvalue weighted by Crippen LogP contribution is 2.24. The van der Waals surface area contributed by atoms with Crippen LogP contribution in [-0.2, 0) is 11.3 Å². The van der Waals surface area contributed by atoms with Crippen LogP contribution in [0.2, 0.25) is 0 Å². The van der Waals surface area contributed by atoms with Gasteiger partial charge >= 0.3 is 0 Å². The quantitative estimate of drug-likeness (QED) is 0.730. The number of methoxy groups -OCH3 is 1. The topological polar surface area (TPSA) is 36.0 Å². The van der Waals surface area contributed by atoms with Crippen molar-refractivity contribution < 1.29 is 13.9 Å². The van der Waals surface area contributed by atoms with Crippen LogP contribution in [0.1, 0.15) is 24.8 Å². The lowest BCUT2D eigenvalue weighted by atomic mass is 9.96. The molecule has 0 spiro atoms. The SMILES string of the molecule is COc1ccc(N2CCCN(C(=O)C3CCCN(Cc4cccc(F)c4)C3)CC2)cc1. The van der Waals surface area contributed by atoms with Gasteiger partial charge in [0.1, 0.15) is 11.6 Å². The average molecular weight is 426 g/mol. The molecular weight excluding hydrogens is 393 g/mol. The monoisotopic (exact) mass is 425 g/mol. The second-order valence-electron chi connectivity index (χ2n) is 8.57. The lowest BCUT2D eigenvalue weighted by Crippen LogP contribution is -2.45. The molecule has 1 atom stereocenters. The number of carbonyl (C=O) groups is 1. The molecule has 0 saturated carbocycles. The van der Waals surface area contributed by atoms with Crippen molar-refractivity contribution in [3.63, 3.8) is 0 Å². The standard InChI is InChI=1S/C25H32FN3O2/c1-31-24-10-8-23(9-11-24)28-13-4-14-29(16-15-28)25(30)21-6-3-12-27(19-21)18-20-5-2-7-22(26)17-20/h2,5,7-11,17,21H,3-4,6,12-16,18-19H2,1H3. The number of hydrogen-bond acceptors (Lipinski definition) is 4. The van der Waals surface area contributed by atoms with Crippen LogP contribution in [0.25, 0.3) is 0 Å². The molecular formula is C25H32FN3O2. The summed E-state index contributed by atoms with van der Waals surface area (Å²) in [6.45, 7) is 5.79. The molecule has 0 N–H and O–H groups in total. The molecule has 0 aliphatic carbocycles. The fraction of sp³-hybridized carbons (Fsp3) is 0.480. The largest absolute Gasteiger partial charge is 0.497 e. The second kappa shape index (κ2) is 10.1. The van der Waals surface area contributed by atoms with E-state index in [0.717, 1.165) is 69.8 Å². The van der Waals surface area contributed by atoms with Gasteiger partial charge in [-0.3, -0.25) is 9.69 Å². The molecule has 0 radical (unpaired) electrons. The number of carbonyl (C=O) groups excluding carboxylic acids is 1. The number of halogens is 1. The van der Waals surface area contributed by atoms with Gasteiger partial charge in [0, 0.05) is 45.0 Å². The van der Waals surface area contributed by atoms with Crippen molar-refractivity contribution in [2.75, 3.05) is 51.3 Å². The Kier molecular flexibility index (Phi) is 7.07. The Bertz CT molecular complexity index is 873. The van der Waals surface area contributed by atoms with E-state index in [2.05, 4.69) is 26.8 Å². The Morgan fingerprint density at radius 3 is 2.65 bits per heavy atom. The molecule has 2 heterocycles. The summed E-state index contributed by atoms with van der Waals surface area (Å²) in [6.07, 6.45) is 2.92. The van der Waals surface area contributed by atoms with Gasteiger partial charge in [0.25, 0.3) is 0 Å². The molecule has 31 heavy (non-hydrogen) atoms. The number of nitrogens with zero attached hydrogens (tertiary/aromatic N) is 3. The van der Waals surface area contributed by atoms with Crippen LogP contribution >= 0.6 is 0 Å². The molecule has 4 rings (SSSR count). The Balaban J connectivity index is 1.33. The second-order valence-corrected chi connectivity index (χ2v) is 8.57. The maximum atomic E-state index is 13.5. The lowest BCUT2D eigenvalue weighted by Gasteiger charge is -2.34. The number of anilines is 1. The molecule has 2 fully saturated rings. The third-order valence-electron chi connectivity index (χ3n) is 6.40. The van der Waals surface area contributed by atoms with Crippen LogP contribution in [0.5, 0.6) is 5.75 Å². The molecule has 2 aromatic rings. The van der Waals surface area contributed by atoms with Crippen LogP contribution in [0.4, 0.5) is 10.1 Å². The minimum atomic E-state index is -0.201. The first-order valence-corrected chi connectivity index (χ1v) is 11.3. The molecule has 2 saturated heterocycles. The van der Waals surface area contributed by atoms with Crippen LogP contribution < -0.4 is 9.64 Å². The Labute approximate surface area is 184 Å². The van der Waals surface area contributed by atoms with E-state index in [4.69, 9.17) is 4.74 Å². The fourth-order valence-electron chi connectivity index (χ4n) is 4.74. The first-order valence-electron chi connectivity index (χ1n) is 11.3. The van der Waals surface area contributed by atoms with Gasteiger partial charge in [-0.05, 0) is 67.8 Å². The van der Waals surface area contributed by atoms with E-state index in [1.165, 1.54) is 11.8 Å². The van der Waals surface area contributed by atoms with Crippen molar-refractivity contribution in [3.8, 4) is 5.75 Å². The van der Waals surface area contributed by atoms with Gasteiger partial charge in [0.2, 0.25) is 5.91 Å². The van der Waals surface area contributed by atoms with E-state index in [9.17, 15) is 9.18 Å². The van der Waals surface area contributed by atoms with Gasteiger partial charge in [-0.15, -0.1) is 0 Å². The summed E-state index contributed by atoms with van der Waals surface area (Å²) >= 11 is 0. The van der Waals surface area contributed by atoms with E-state index in [1.807, 2.05) is 18.2 Å². The molecule has 2 aliphatic rings. The number of rotatable bonds is 5. The van der Waals surface area contributed by atoms with Gasteiger partial charge in [-0.1, -0.05) is 12.1 Å². The van der Waals surface area contributed by atoms with Gasteiger partial charge in [0.15, 0.2) is 0 Å². The molecule has 0 bridgehead atoms. The van der Waals surface area contributed by atoms with Gasteiger partial charge in [-0.2, -0.15) is 0 Å². The molecule has 5 nitrogen and oxygen atoms in total. The number of likely N-dealkylation sites (tertiary alicyclic amines) is 1. The Morgan fingerprint density at radius 1 is 1.03 bits per heavy atom. The number of benzene rings is 2.